The Kier molecular flexibility index (Phi) is 4.24. The summed E-state index contributed by atoms with van der Waals surface area (Å²) >= 11 is 3.25. The molecule has 1 N–H and O–H groups in total. The van der Waals surface area contributed by atoms with Crippen molar-refractivity contribution in [3.05, 3.63) is 39.8 Å². The van der Waals surface area contributed by atoms with E-state index in [0.717, 1.165) is 15.6 Å². The number of nitrogens with one attached hydrogen (secondary N) is 1. The summed E-state index contributed by atoms with van der Waals surface area (Å²) in [5.41, 5.74) is 1.58. The van der Waals surface area contributed by atoms with E-state index in [2.05, 4.69) is 16.4 Å². The highest BCUT2D eigenvalue weighted by molar-refractivity contribution is 7.98. The molecular formula is C13H13N3S2. The molecule has 2 aromatic rings. The molecule has 0 aliphatic carbocycles. The van der Waals surface area contributed by atoms with E-state index in [0.29, 0.717) is 12.1 Å². The van der Waals surface area contributed by atoms with Gasteiger partial charge in [0.1, 0.15) is 11.1 Å². The third-order valence-corrected chi connectivity index (χ3v) is 4.15. The van der Waals surface area contributed by atoms with Crippen molar-refractivity contribution in [2.24, 2.45) is 0 Å². The van der Waals surface area contributed by atoms with Crippen molar-refractivity contribution < 1.29 is 0 Å². The van der Waals surface area contributed by atoms with Crippen LogP contribution in [0.1, 0.15) is 15.4 Å². The minimum atomic E-state index is 0.658. The van der Waals surface area contributed by atoms with Crippen molar-refractivity contribution in [1.29, 1.82) is 5.26 Å². The van der Waals surface area contributed by atoms with E-state index in [-0.39, 0.29) is 0 Å². The first kappa shape index (κ1) is 12.9. The highest BCUT2D eigenvalue weighted by atomic mass is 32.2. The fourth-order valence-corrected chi connectivity index (χ4v) is 2.92. The van der Waals surface area contributed by atoms with Gasteiger partial charge in [0, 0.05) is 16.0 Å². The Balaban J connectivity index is 2.17. The Labute approximate surface area is 115 Å². The van der Waals surface area contributed by atoms with Gasteiger partial charge in [-0.15, -0.1) is 23.1 Å². The number of aryl methyl sites for hydroxylation is 1. The normalized spacial score (nSPS) is 10.1. The number of hydrogen-bond donors (Lipinski definition) is 1. The monoisotopic (exact) mass is 275 g/mol. The van der Waals surface area contributed by atoms with Crippen LogP contribution in [0.2, 0.25) is 0 Å². The molecule has 0 aliphatic heterocycles. The number of thioether (sulfide) groups is 1. The highest BCUT2D eigenvalue weighted by Gasteiger charge is 2.07. The van der Waals surface area contributed by atoms with Crippen LogP contribution in [0.15, 0.2) is 29.3 Å². The first-order chi connectivity index (χ1) is 8.74. The smallest absolute Gasteiger partial charge is 0.112 e. The van der Waals surface area contributed by atoms with E-state index in [9.17, 15) is 5.26 Å². The third kappa shape index (κ3) is 2.84. The van der Waals surface area contributed by atoms with Gasteiger partial charge in [-0.05, 0) is 25.3 Å². The van der Waals surface area contributed by atoms with E-state index < -0.39 is 0 Å². The number of aromatic nitrogens is 1. The molecule has 0 unspecified atom stereocenters. The van der Waals surface area contributed by atoms with Crippen molar-refractivity contribution in [2.75, 3.05) is 11.6 Å². The van der Waals surface area contributed by atoms with E-state index in [1.54, 1.807) is 23.1 Å². The van der Waals surface area contributed by atoms with Gasteiger partial charge in [0.25, 0.3) is 0 Å². The highest BCUT2D eigenvalue weighted by Crippen LogP contribution is 2.26. The molecule has 0 aliphatic rings. The second-order valence-corrected chi connectivity index (χ2v) is 5.88. The summed E-state index contributed by atoms with van der Waals surface area (Å²) in [5.74, 6) is 0. The van der Waals surface area contributed by atoms with Gasteiger partial charge in [-0.25, -0.2) is 4.98 Å². The Morgan fingerprint density at radius 1 is 1.50 bits per heavy atom. The van der Waals surface area contributed by atoms with Crippen LogP contribution in [0.5, 0.6) is 0 Å². The summed E-state index contributed by atoms with van der Waals surface area (Å²) in [6, 6.07) is 8.11. The number of rotatable bonds is 4. The number of nitriles is 1. The summed E-state index contributed by atoms with van der Waals surface area (Å²) in [6.07, 6.45) is 3.84. The first-order valence-electron chi connectivity index (χ1n) is 5.47. The van der Waals surface area contributed by atoms with Crippen LogP contribution in [-0.2, 0) is 6.54 Å². The van der Waals surface area contributed by atoms with E-state index in [1.807, 2.05) is 37.6 Å². The van der Waals surface area contributed by atoms with Crippen molar-refractivity contribution in [3.63, 3.8) is 0 Å². The van der Waals surface area contributed by atoms with Crippen LogP contribution in [0.4, 0.5) is 5.69 Å². The lowest BCUT2D eigenvalue weighted by atomic mass is 10.2. The van der Waals surface area contributed by atoms with Crippen LogP contribution in [-0.4, -0.2) is 11.2 Å². The van der Waals surface area contributed by atoms with Crippen molar-refractivity contribution in [2.45, 2.75) is 18.4 Å². The third-order valence-electron chi connectivity index (χ3n) is 2.46. The Hall–Kier alpha value is -1.51. The van der Waals surface area contributed by atoms with Crippen LogP contribution in [0.25, 0.3) is 0 Å². The average Bonchev–Trinajstić information content (AvgIpc) is 2.81. The Bertz CT molecular complexity index is 584. The van der Waals surface area contributed by atoms with Crippen LogP contribution < -0.4 is 5.32 Å². The van der Waals surface area contributed by atoms with Gasteiger partial charge in [0.2, 0.25) is 0 Å². The molecule has 0 saturated heterocycles. The standard InChI is InChI=1S/C13H13N3S2/c1-9-7-16-13(18-9)8-15-11-4-3-5-12(17-2)10(11)6-14/h3-5,7,15H,8H2,1-2H3. The maximum Gasteiger partial charge on any atom is 0.112 e. The van der Waals surface area contributed by atoms with Crippen molar-refractivity contribution in [1.82, 2.24) is 4.98 Å². The largest absolute Gasteiger partial charge is 0.377 e. The predicted molar refractivity (Wildman–Crippen MR) is 77.1 cm³/mol. The molecule has 1 aromatic heterocycles. The molecule has 0 bridgehead atoms. The van der Waals surface area contributed by atoms with E-state index in [1.165, 1.54) is 4.88 Å². The fourth-order valence-electron chi connectivity index (χ4n) is 1.62. The molecular weight excluding hydrogens is 262 g/mol. The van der Waals surface area contributed by atoms with E-state index >= 15 is 0 Å². The minimum absolute atomic E-state index is 0.658. The summed E-state index contributed by atoms with van der Waals surface area (Å²) < 4.78 is 0. The van der Waals surface area contributed by atoms with Crippen LogP contribution in [0, 0.1) is 18.3 Å². The number of nitrogens with zero attached hydrogens (tertiary/aromatic N) is 2. The summed E-state index contributed by atoms with van der Waals surface area (Å²) in [5, 5.41) is 13.5. The Morgan fingerprint density at radius 2 is 2.33 bits per heavy atom. The lowest BCUT2D eigenvalue weighted by Crippen LogP contribution is -2.01. The molecule has 0 spiro atoms. The second-order valence-electron chi connectivity index (χ2n) is 3.71. The molecule has 2 rings (SSSR count). The summed E-state index contributed by atoms with van der Waals surface area (Å²) in [4.78, 5) is 6.49. The van der Waals surface area contributed by atoms with Gasteiger partial charge in [-0.1, -0.05) is 6.07 Å². The zero-order valence-corrected chi connectivity index (χ0v) is 11.9. The number of hydrogen-bond acceptors (Lipinski definition) is 5. The predicted octanol–water partition coefficient (Wildman–Crippen LogP) is 3.66. The molecule has 0 atom stereocenters. The molecule has 18 heavy (non-hydrogen) atoms. The molecule has 5 heteroatoms. The fraction of sp³-hybridized carbons (Fsp3) is 0.231. The number of thiazole rings is 1. The minimum Gasteiger partial charge on any atom is -0.377 e. The lowest BCUT2D eigenvalue weighted by Gasteiger charge is -2.09. The topological polar surface area (TPSA) is 48.7 Å². The summed E-state index contributed by atoms with van der Waals surface area (Å²) in [6.45, 7) is 2.70. The molecule has 0 fully saturated rings. The maximum atomic E-state index is 9.22. The van der Waals surface area contributed by atoms with Crippen LogP contribution >= 0.6 is 23.1 Å². The molecule has 0 saturated carbocycles. The molecule has 1 heterocycles. The van der Waals surface area contributed by atoms with Gasteiger partial charge in [-0.3, -0.25) is 0 Å². The quantitative estimate of drug-likeness (QED) is 0.865. The number of anilines is 1. The van der Waals surface area contributed by atoms with Crippen LogP contribution in [0.3, 0.4) is 0 Å². The first-order valence-corrected chi connectivity index (χ1v) is 7.51. The maximum absolute atomic E-state index is 9.22. The van der Waals surface area contributed by atoms with Gasteiger partial charge in [0.05, 0.1) is 17.8 Å². The SMILES string of the molecule is CSc1cccc(NCc2ncc(C)s2)c1C#N. The van der Waals surface area contributed by atoms with E-state index in [4.69, 9.17) is 0 Å². The molecule has 0 amide bonds. The zero-order valence-electron chi connectivity index (χ0n) is 10.2. The van der Waals surface area contributed by atoms with Gasteiger partial charge in [0.15, 0.2) is 0 Å². The second kappa shape index (κ2) is 5.89. The number of benzene rings is 1. The molecule has 0 radical (unpaired) electrons. The molecule has 92 valence electrons. The van der Waals surface area contributed by atoms with Crippen molar-refractivity contribution in [3.8, 4) is 6.07 Å². The van der Waals surface area contributed by atoms with Crippen molar-refractivity contribution >= 4 is 28.8 Å². The Morgan fingerprint density at radius 3 is 2.94 bits per heavy atom. The van der Waals surface area contributed by atoms with Gasteiger partial charge >= 0.3 is 0 Å². The molecule has 3 nitrogen and oxygen atoms in total. The molecule has 1 aromatic carbocycles. The van der Waals surface area contributed by atoms with Gasteiger partial charge in [-0.2, -0.15) is 5.26 Å². The summed E-state index contributed by atoms with van der Waals surface area (Å²) in [7, 11) is 0. The zero-order chi connectivity index (χ0) is 13.0. The van der Waals surface area contributed by atoms with Gasteiger partial charge < -0.3 is 5.32 Å². The lowest BCUT2D eigenvalue weighted by molar-refractivity contribution is 1.10. The average molecular weight is 275 g/mol.